The second-order valence-corrected chi connectivity index (χ2v) is 8.28. The average Bonchev–Trinajstić information content (AvgIpc) is 2.41. The van der Waals surface area contributed by atoms with Gasteiger partial charge in [0, 0.05) is 16.1 Å². The molecule has 0 aromatic heterocycles. The molecule has 0 saturated heterocycles. The standard InChI is InChI=1S/C18H26BrNO/c1-12-11-15(19)9-10-16(12)20-17(21)13-5-7-14(8-6-13)18(2,3)4/h9-11,13-14H,5-8H2,1-4H3,(H,20,21). The fourth-order valence-electron chi connectivity index (χ4n) is 3.22. The zero-order valence-corrected chi connectivity index (χ0v) is 15.1. The Bertz CT molecular complexity index is 510. The van der Waals surface area contributed by atoms with Crippen molar-refractivity contribution in [2.24, 2.45) is 17.3 Å². The van der Waals surface area contributed by atoms with Crippen LogP contribution in [0.3, 0.4) is 0 Å². The van der Waals surface area contributed by atoms with Crippen LogP contribution in [-0.2, 0) is 4.79 Å². The van der Waals surface area contributed by atoms with Gasteiger partial charge in [0.1, 0.15) is 0 Å². The number of anilines is 1. The van der Waals surface area contributed by atoms with Gasteiger partial charge < -0.3 is 5.32 Å². The van der Waals surface area contributed by atoms with Gasteiger partial charge in [-0.3, -0.25) is 4.79 Å². The summed E-state index contributed by atoms with van der Waals surface area (Å²) in [6, 6.07) is 5.98. The van der Waals surface area contributed by atoms with E-state index in [1.54, 1.807) is 0 Å². The number of carbonyl (C=O) groups excluding carboxylic acids is 1. The molecule has 0 bridgehead atoms. The molecule has 2 rings (SSSR count). The Kier molecular flexibility index (Phi) is 5.13. The van der Waals surface area contributed by atoms with Crippen molar-refractivity contribution in [2.75, 3.05) is 5.32 Å². The van der Waals surface area contributed by atoms with Gasteiger partial charge in [-0.05, 0) is 67.7 Å². The molecule has 0 unspecified atom stereocenters. The third-order valence-corrected chi connectivity index (χ3v) is 5.26. The third kappa shape index (κ3) is 4.32. The monoisotopic (exact) mass is 351 g/mol. The Balaban J connectivity index is 1.93. The number of nitrogens with one attached hydrogen (secondary N) is 1. The lowest BCUT2D eigenvalue weighted by atomic mass is 9.69. The van der Waals surface area contributed by atoms with E-state index in [0.29, 0.717) is 5.41 Å². The van der Waals surface area contributed by atoms with E-state index in [1.807, 2.05) is 25.1 Å². The molecule has 1 saturated carbocycles. The Hall–Kier alpha value is -0.830. The molecule has 0 radical (unpaired) electrons. The SMILES string of the molecule is Cc1cc(Br)ccc1NC(=O)C1CCC(C(C)(C)C)CC1. The lowest BCUT2D eigenvalue weighted by Gasteiger charge is -2.36. The van der Waals surface area contributed by atoms with Crippen LogP contribution in [0.4, 0.5) is 5.69 Å². The van der Waals surface area contributed by atoms with Gasteiger partial charge in [0.05, 0.1) is 0 Å². The molecule has 116 valence electrons. The third-order valence-electron chi connectivity index (χ3n) is 4.77. The van der Waals surface area contributed by atoms with E-state index >= 15 is 0 Å². The minimum atomic E-state index is 0.173. The van der Waals surface area contributed by atoms with Crippen LogP contribution in [0.5, 0.6) is 0 Å². The maximum absolute atomic E-state index is 12.4. The average molecular weight is 352 g/mol. The van der Waals surface area contributed by atoms with Crippen molar-refractivity contribution in [3.8, 4) is 0 Å². The molecular formula is C18H26BrNO. The van der Waals surface area contributed by atoms with Gasteiger partial charge in [0.2, 0.25) is 5.91 Å². The maximum atomic E-state index is 12.4. The number of benzene rings is 1. The molecule has 0 spiro atoms. The molecule has 0 atom stereocenters. The number of rotatable bonds is 2. The van der Waals surface area contributed by atoms with Gasteiger partial charge >= 0.3 is 0 Å². The highest BCUT2D eigenvalue weighted by Crippen LogP contribution is 2.40. The molecule has 1 fully saturated rings. The van der Waals surface area contributed by atoms with E-state index in [-0.39, 0.29) is 11.8 Å². The minimum Gasteiger partial charge on any atom is -0.326 e. The van der Waals surface area contributed by atoms with Gasteiger partial charge in [-0.1, -0.05) is 36.7 Å². The number of amides is 1. The molecule has 1 aliphatic carbocycles. The van der Waals surface area contributed by atoms with Gasteiger partial charge in [0.25, 0.3) is 0 Å². The molecular weight excluding hydrogens is 326 g/mol. The summed E-state index contributed by atoms with van der Waals surface area (Å²) < 4.78 is 1.05. The van der Waals surface area contributed by atoms with Gasteiger partial charge in [0.15, 0.2) is 0 Å². The van der Waals surface area contributed by atoms with Crippen molar-refractivity contribution in [2.45, 2.75) is 53.4 Å². The quantitative estimate of drug-likeness (QED) is 0.743. The number of halogens is 1. The summed E-state index contributed by atoms with van der Waals surface area (Å²) in [5.74, 6) is 1.11. The lowest BCUT2D eigenvalue weighted by Crippen LogP contribution is -2.31. The van der Waals surface area contributed by atoms with Gasteiger partial charge in [-0.25, -0.2) is 0 Å². The molecule has 0 aliphatic heterocycles. The van der Waals surface area contributed by atoms with Crippen LogP contribution in [0, 0.1) is 24.2 Å². The fourth-order valence-corrected chi connectivity index (χ4v) is 3.70. The topological polar surface area (TPSA) is 29.1 Å². The Morgan fingerprint density at radius 1 is 1.19 bits per heavy atom. The van der Waals surface area contributed by atoms with Crippen LogP contribution >= 0.6 is 15.9 Å². The highest BCUT2D eigenvalue weighted by Gasteiger charge is 2.32. The number of hydrogen-bond donors (Lipinski definition) is 1. The second-order valence-electron chi connectivity index (χ2n) is 7.36. The van der Waals surface area contributed by atoms with Crippen LogP contribution in [0.15, 0.2) is 22.7 Å². The van der Waals surface area contributed by atoms with Crippen molar-refractivity contribution >= 4 is 27.5 Å². The highest BCUT2D eigenvalue weighted by atomic mass is 79.9. The van der Waals surface area contributed by atoms with E-state index in [9.17, 15) is 4.79 Å². The van der Waals surface area contributed by atoms with E-state index in [2.05, 4.69) is 42.0 Å². The van der Waals surface area contributed by atoms with Crippen molar-refractivity contribution in [1.82, 2.24) is 0 Å². The van der Waals surface area contributed by atoms with Crippen molar-refractivity contribution in [3.05, 3.63) is 28.2 Å². The van der Waals surface area contributed by atoms with E-state index in [1.165, 1.54) is 12.8 Å². The number of aryl methyl sites for hydroxylation is 1. The molecule has 2 nitrogen and oxygen atoms in total. The first-order valence-electron chi connectivity index (χ1n) is 7.84. The van der Waals surface area contributed by atoms with Crippen LogP contribution in [0.1, 0.15) is 52.0 Å². The summed E-state index contributed by atoms with van der Waals surface area (Å²) in [4.78, 5) is 12.4. The smallest absolute Gasteiger partial charge is 0.227 e. The largest absolute Gasteiger partial charge is 0.326 e. The zero-order valence-electron chi connectivity index (χ0n) is 13.5. The highest BCUT2D eigenvalue weighted by molar-refractivity contribution is 9.10. The predicted molar refractivity (Wildman–Crippen MR) is 92.4 cm³/mol. The summed E-state index contributed by atoms with van der Waals surface area (Å²) in [5.41, 5.74) is 2.39. The molecule has 1 aromatic carbocycles. The first kappa shape index (κ1) is 16.5. The first-order valence-corrected chi connectivity index (χ1v) is 8.63. The Morgan fingerprint density at radius 2 is 1.81 bits per heavy atom. The van der Waals surface area contributed by atoms with Crippen LogP contribution in [-0.4, -0.2) is 5.91 Å². The fraction of sp³-hybridized carbons (Fsp3) is 0.611. The summed E-state index contributed by atoms with van der Waals surface area (Å²) in [5, 5.41) is 3.10. The van der Waals surface area contributed by atoms with E-state index < -0.39 is 0 Å². The van der Waals surface area contributed by atoms with Crippen LogP contribution in [0.2, 0.25) is 0 Å². The van der Waals surface area contributed by atoms with Gasteiger partial charge in [-0.2, -0.15) is 0 Å². The first-order chi connectivity index (χ1) is 9.77. The molecule has 1 aliphatic rings. The van der Waals surface area contributed by atoms with E-state index in [0.717, 1.165) is 34.5 Å². The molecule has 1 aromatic rings. The van der Waals surface area contributed by atoms with E-state index in [4.69, 9.17) is 0 Å². The Labute approximate surface area is 136 Å². The van der Waals surface area contributed by atoms with Crippen molar-refractivity contribution in [3.63, 3.8) is 0 Å². The molecule has 1 N–H and O–H groups in total. The summed E-state index contributed by atoms with van der Waals surface area (Å²) >= 11 is 3.45. The number of carbonyl (C=O) groups is 1. The molecule has 1 amide bonds. The van der Waals surface area contributed by atoms with Crippen molar-refractivity contribution in [1.29, 1.82) is 0 Å². The normalized spacial score (nSPS) is 22.9. The maximum Gasteiger partial charge on any atom is 0.227 e. The minimum absolute atomic E-state index is 0.173. The second kappa shape index (κ2) is 6.51. The zero-order chi connectivity index (χ0) is 15.6. The molecule has 3 heteroatoms. The van der Waals surface area contributed by atoms with Crippen LogP contribution < -0.4 is 5.32 Å². The molecule has 21 heavy (non-hydrogen) atoms. The lowest BCUT2D eigenvalue weighted by molar-refractivity contribution is -0.121. The summed E-state index contributed by atoms with van der Waals surface area (Å²) in [6.45, 7) is 8.95. The predicted octanol–water partition coefficient (Wildman–Crippen LogP) is 5.55. The van der Waals surface area contributed by atoms with Crippen LogP contribution in [0.25, 0.3) is 0 Å². The summed E-state index contributed by atoms with van der Waals surface area (Å²) in [6.07, 6.45) is 4.37. The Morgan fingerprint density at radius 3 is 2.33 bits per heavy atom. The van der Waals surface area contributed by atoms with Crippen molar-refractivity contribution < 1.29 is 4.79 Å². The number of hydrogen-bond acceptors (Lipinski definition) is 1. The molecule has 0 heterocycles. The summed E-state index contributed by atoms with van der Waals surface area (Å²) in [7, 11) is 0. The van der Waals surface area contributed by atoms with Gasteiger partial charge in [-0.15, -0.1) is 0 Å².